The fraction of sp³-hybridized carbons (Fsp3) is 0.632. The van der Waals surface area contributed by atoms with E-state index in [0.717, 1.165) is 24.1 Å². The molecule has 0 spiro atoms. The zero-order valence-corrected chi connectivity index (χ0v) is 18.7. The Morgan fingerprint density at radius 2 is 1.38 bits per heavy atom. The zero-order valence-electron chi connectivity index (χ0n) is 14.3. The average molecular weight is 478 g/mol. The summed E-state index contributed by atoms with van der Waals surface area (Å²) < 4.78 is 1.92. The van der Waals surface area contributed by atoms with Gasteiger partial charge in [0.1, 0.15) is 0 Å². The van der Waals surface area contributed by atoms with Gasteiger partial charge in [-0.2, -0.15) is 0 Å². The molecular formula is C19H31Cl2OPRu. The molecule has 1 N–H and O–H groups in total. The van der Waals surface area contributed by atoms with Crippen LogP contribution >= 0.6 is 28.6 Å². The maximum atomic E-state index is 8.91. The van der Waals surface area contributed by atoms with Gasteiger partial charge in [-0.15, -0.1) is 9.24 Å². The minimum atomic E-state index is -1.61. The molecule has 2 fully saturated rings. The van der Waals surface area contributed by atoms with Crippen LogP contribution in [0.15, 0.2) is 30.3 Å². The second-order valence-electron chi connectivity index (χ2n) is 6.41. The Hall–Kier alpha value is 0.683. The van der Waals surface area contributed by atoms with Crippen LogP contribution in [0.25, 0.3) is 0 Å². The van der Waals surface area contributed by atoms with Crippen LogP contribution in [0.2, 0.25) is 0 Å². The fourth-order valence-corrected chi connectivity index (χ4v) is 5.12. The Labute approximate surface area is 163 Å². The number of benzene rings is 1. The first-order chi connectivity index (χ1) is 11.6. The molecule has 3 rings (SSSR count). The molecule has 0 heterocycles. The van der Waals surface area contributed by atoms with Crippen molar-refractivity contribution in [3.05, 3.63) is 35.9 Å². The third-order valence-corrected chi connectivity index (χ3v) is 6.76. The summed E-state index contributed by atoms with van der Waals surface area (Å²) in [6, 6.07) is 9.89. The summed E-state index contributed by atoms with van der Waals surface area (Å²) in [7, 11) is 14.2. The van der Waals surface area contributed by atoms with Crippen molar-refractivity contribution >= 4 is 33.2 Å². The molecule has 0 aromatic heterocycles. The topological polar surface area (TPSA) is 20.2 Å². The monoisotopic (exact) mass is 478 g/mol. The van der Waals surface area contributed by atoms with Crippen LogP contribution in [0.5, 0.6) is 0 Å². The molecule has 0 aliphatic heterocycles. The van der Waals surface area contributed by atoms with E-state index in [1.807, 2.05) is 34.9 Å². The molecule has 1 unspecified atom stereocenters. The van der Waals surface area contributed by atoms with Gasteiger partial charge in [0.25, 0.3) is 0 Å². The number of halogens is 2. The Bertz CT molecular complexity index is 424. The van der Waals surface area contributed by atoms with Crippen molar-refractivity contribution in [2.24, 2.45) is 0 Å². The number of hydrogen-bond acceptors (Lipinski definition) is 1. The first kappa shape index (κ1) is 22.7. The number of rotatable bonds is 1. The van der Waals surface area contributed by atoms with E-state index in [4.69, 9.17) is 24.5 Å². The maximum absolute atomic E-state index is 8.91. The quantitative estimate of drug-likeness (QED) is 0.373. The first-order valence-electron chi connectivity index (χ1n) is 8.90. The molecule has 2 aliphatic carbocycles. The van der Waals surface area contributed by atoms with Crippen molar-refractivity contribution in [2.45, 2.75) is 76.0 Å². The molecule has 0 saturated heterocycles. The summed E-state index contributed by atoms with van der Waals surface area (Å²) in [5.74, 6) is 0. The molecule has 140 valence electrons. The van der Waals surface area contributed by atoms with Crippen molar-refractivity contribution in [2.75, 3.05) is 0 Å². The Balaban J connectivity index is 0.000000185. The van der Waals surface area contributed by atoms with Crippen molar-refractivity contribution in [1.82, 2.24) is 0 Å². The van der Waals surface area contributed by atoms with Crippen LogP contribution in [0.3, 0.4) is 0 Å². The van der Waals surface area contributed by atoms with Crippen LogP contribution in [0, 0.1) is 0 Å². The van der Waals surface area contributed by atoms with Crippen molar-refractivity contribution in [3.63, 3.8) is 0 Å². The summed E-state index contributed by atoms with van der Waals surface area (Å²) >= 11 is -1.61. The van der Waals surface area contributed by atoms with Gasteiger partial charge in [-0.25, -0.2) is 0 Å². The fourth-order valence-electron chi connectivity index (χ4n) is 2.83. The third-order valence-electron chi connectivity index (χ3n) is 4.22. The predicted molar refractivity (Wildman–Crippen MR) is 109 cm³/mol. The molecule has 1 atom stereocenters. The van der Waals surface area contributed by atoms with Crippen molar-refractivity contribution in [3.8, 4) is 0 Å². The van der Waals surface area contributed by atoms with Gasteiger partial charge in [-0.05, 0) is 31.3 Å². The van der Waals surface area contributed by atoms with Crippen molar-refractivity contribution in [1.29, 1.82) is 0 Å². The number of aliphatic hydroxyl groups excluding tert-OH is 1. The van der Waals surface area contributed by atoms with E-state index in [-0.39, 0.29) is 6.10 Å². The van der Waals surface area contributed by atoms with Gasteiger partial charge < -0.3 is 5.11 Å². The molecule has 0 bridgehead atoms. The van der Waals surface area contributed by atoms with E-state index in [1.165, 1.54) is 51.4 Å². The van der Waals surface area contributed by atoms with E-state index in [0.29, 0.717) is 0 Å². The molecule has 1 nitrogen and oxygen atoms in total. The molecule has 0 amide bonds. The molecule has 2 saturated carbocycles. The summed E-state index contributed by atoms with van der Waals surface area (Å²) in [5.41, 5.74) is 2.07. The van der Waals surface area contributed by atoms with Gasteiger partial charge in [-0.3, -0.25) is 0 Å². The summed E-state index contributed by atoms with van der Waals surface area (Å²) in [5, 5.41) is 8.91. The van der Waals surface area contributed by atoms with Gasteiger partial charge in [0.2, 0.25) is 0 Å². The summed E-state index contributed by atoms with van der Waals surface area (Å²) in [6.07, 6.45) is 13.2. The van der Waals surface area contributed by atoms with Gasteiger partial charge in [-0.1, -0.05) is 38.5 Å². The van der Waals surface area contributed by atoms with E-state index in [1.54, 1.807) is 0 Å². The van der Waals surface area contributed by atoms with E-state index >= 15 is 0 Å². The third kappa shape index (κ3) is 13.0. The van der Waals surface area contributed by atoms with Crippen molar-refractivity contribution < 1.29 is 18.6 Å². The standard InChI is InChI=1S/C7H6.C6H12O.C6H13P.2ClH.Ru/c1-7-5-3-2-4-6-7;2*7-6-4-2-1-3-5-6;;;/h1-6H;6-7H,1-5H2;6H,1-5,7H2;2*1H;/q;;;;;+2/p-2. The minimum absolute atomic E-state index is 0.0359. The van der Waals surface area contributed by atoms with Gasteiger partial charge in [0.15, 0.2) is 0 Å². The number of hydrogen-bond donors (Lipinski definition) is 1. The normalized spacial score (nSPS) is 19.2. The Morgan fingerprint density at radius 1 is 0.875 bits per heavy atom. The van der Waals surface area contributed by atoms with E-state index in [2.05, 4.69) is 9.24 Å². The van der Waals surface area contributed by atoms with Crippen LogP contribution in [-0.4, -0.2) is 21.5 Å². The Morgan fingerprint density at radius 3 is 1.71 bits per heavy atom. The average Bonchev–Trinajstić information content (AvgIpc) is 2.58. The Kier molecular flexibility index (Phi) is 14.0. The van der Waals surface area contributed by atoms with Crippen LogP contribution < -0.4 is 0 Å². The summed E-state index contributed by atoms with van der Waals surface area (Å²) in [4.78, 5) is 0. The van der Waals surface area contributed by atoms with Crippen LogP contribution in [0.1, 0.15) is 69.8 Å². The summed E-state index contributed by atoms with van der Waals surface area (Å²) in [6.45, 7) is 0. The van der Waals surface area contributed by atoms with Gasteiger partial charge >= 0.3 is 73.4 Å². The molecule has 1 aromatic carbocycles. The molecular weight excluding hydrogens is 447 g/mol. The molecule has 5 heteroatoms. The first-order valence-corrected chi connectivity index (χ1v) is 15.0. The predicted octanol–water partition coefficient (Wildman–Crippen LogP) is 6.27. The molecule has 2 aliphatic rings. The second-order valence-corrected chi connectivity index (χ2v) is 13.1. The van der Waals surface area contributed by atoms with E-state index in [9.17, 15) is 0 Å². The molecule has 24 heavy (non-hydrogen) atoms. The zero-order chi connectivity index (χ0) is 17.6. The molecule has 0 radical (unpaired) electrons. The van der Waals surface area contributed by atoms with E-state index < -0.39 is 13.5 Å². The molecule has 1 aromatic rings. The SMILES string of the molecule is OC1CCCCC1.PC1CCCCC1.[Cl][Ru]([Cl])=[CH]c1ccccc1. The number of aliphatic hydroxyl groups is 1. The van der Waals surface area contributed by atoms with Gasteiger partial charge in [0.05, 0.1) is 6.10 Å². The second kappa shape index (κ2) is 14.8. The van der Waals surface area contributed by atoms with Crippen LogP contribution in [-0.2, 0) is 13.5 Å². The van der Waals surface area contributed by atoms with Gasteiger partial charge in [0, 0.05) is 0 Å². The van der Waals surface area contributed by atoms with Crippen LogP contribution in [0.4, 0.5) is 0 Å².